The molecule has 11 rings (SSSR count). The standard InChI is InChI=1S/C52H33N/c1-2-16-39(17-3-1)52(45-23-10-8-21-43(45)44-22-9-11-24-46(44)52)40-18-12-15-38(33-40)34-25-27-37(28-26-34)49-50-41-19-6-4-13-35(41)29-31-47(50)53-48-32-30-36-14-5-7-20-42(36)51(48)49/h1-33H. The number of rotatable bonds is 4. The van der Waals surface area contributed by atoms with Crippen molar-refractivity contribution in [3.8, 4) is 33.4 Å². The molecule has 0 aliphatic heterocycles. The molecule has 1 heteroatoms. The van der Waals surface area contributed by atoms with E-state index >= 15 is 0 Å². The second kappa shape index (κ2) is 11.6. The van der Waals surface area contributed by atoms with Gasteiger partial charge in [0.2, 0.25) is 0 Å². The van der Waals surface area contributed by atoms with Crippen molar-refractivity contribution in [3.05, 3.63) is 222 Å². The molecular formula is C52H33N. The summed E-state index contributed by atoms with van der Waals surface area (Å²) in [4.78, 5) is 5.24. The fourth-order valence-corrected chi connectivity index (χ4v) is 9.25. The molecule has 0 atom stereocenters. The quantitative estimate of drug-likeness (QED) is 0.134. The molecule has 246 valence electrons. The topological polar surface area (TPSA) is 12.9 Å². The monoisotopic (exact) mass is 671 g/mol. The maximum Gasteiger partial charge on any atom is 0.0722 e. The molecular weight excluding hydrogens is 639 g/mol. The lowest BCUT2D eigenvalue weighted by molar-refractivity contribution is 0.769. The number of benzene rings is 9. The molecule has 1 heterocycles. The van der Waals surface area contributed by atoms with Crippen LogP contribution in [0.3, 0.4) is 0 Å². The number of hydrogen-bond donors (Lipinski definition) is 0. The van der Waals surface area contributed by atoms with E-state index in [0.717, 1.165) is 11.0 Å². The van der Waals surface area contributed by atoms with E-state index in [4.69, 9.17) is 4.98 Å². The van der Waals surface area contributed by atoms with Crippen LogP contribution in [0.15, 0.2) is 200 Å². The fourth-order valence-electron chi connectivity index (χ4n) is 9.25. The Morgan fingerprint density at radius 2 is 0.849 bits per heavy atom. The number of fused-ring (bicyclic) bond motifs is 9. The van der Waals surface area contributed by atoms with Gasteiger partial charge >= 0.3 is 0 Å². The molecule has 9 aromatic carbocycles. The van der Waals surface area contributed by atoms with Crippen LogP contribution in [0.2, 0.25) is 0 Å². The van der Waals surface area contributed by atoms with Crippen LogP contribution < -0.4 is 0 Å². The van der Waals surface area contributed by atoms with E-state index in [1.54, 1.807) is 0 Å². The van der Waals surface area contributed by atoms with E-state index in [1.807, 2.05) is 0 Å². The van der Waals surface area contributed by atoms with Crippen LogP contribution in [0.5, 0.6) is 0 Å². The summed E-state index contributed by atoms with van der Waals surface area (Å²) in [7, 11) is 0. The van der Waals surface area contributed by atoms with Crippen molar-refractivity contribution in [3.63, 3.8) is 0 Å². The van der Waals surface area contributed by atoms with Crippen LogP contribution >= 0.6 is 0 Å². The lowest BCUT2D eigenvalue weighted by Crippen LogP contribution is -2.28. The number of nitrogens with zero attached hydrogens (tertiary/aromatic N) is 1. The van der Waals surface area contributed by atoms with Crippen molar-refractivity contribution in [1.29, 1.82) is 0 Å². The first kappa shape index (κ1) is 29.9. The van der Waals surface area contributed by atoms with Gasteiger partial charge in [-0.15, -0.1) is 0 Å². The van der Waals surface area contributed by atoms with Crippen molar-refractivity contribution >= 4 is 43.4 Å². The van der Waals surface area contributed by atoms with Gasteiger partial charge in [-0.05, 0) is 89.8 Å². The van der Waals surface area contributed by atoms with Crippen molar-refractivity contribution in [1.82, 2.24) is 4.98 Å². The third-order valence-electron chi connectivity index (χ3n) is 11.5. The van der Waals surface area contributed by atoms with Crippen molar-refractivity contribution in [2.75, 3.05) is 0 Å². The molecule has 0 amide bonds. The van der Waals surface area contributed by atoms with Crippen LogP contribution in [0, 0.1) is 0 Å². The molecule has 0 unspecified atom stereocenters. The highest BCUT2D eigenvalue weighted by Crippen LogP contribution is 2.56. The van der Waals surface area contributed by atoms with Gasteiger partial charge in [0.15, 0.2) is 0 Å². The SMILES string of the molecule is c1ccc(C2(c3cccc(-c4ccc(-c5c6c(ccc7ccccc76)nc6ccc7ccccc7c56)cc4)c3)c3ccccc3-c3ccccc32)cc1. The van der Waals surface area contributed by atoms with Gasteiger partial charge in [0.05, 0.1) is 16.4 Å². The summed E-state index contributed by atoms with van der Waals surface area (Å²) in [6, 6.07) is 73.5. The van der Waals surface area contributed by atoms with E-state index in [9.17, 15) is 0 Å². The van der Waals surface area contributed by atoms with Gasteiger partial charge in [-0.2, -0.15) is 0 Å². The van der Waals surface area contributed by atoms with Gasteiger partial charge in [0.1, 0.15) is 0 Å². The van der Waals surface area contributed by atoms with Crippen molar-refractivity contribution < 1.29 is 0 Å². The van der Waals surface area contributed by atoms with Gasteiger partial charge < -0.3 is 0 Å². The third kappa shape index (κ3) is 4.35. The first-order valence-corrected chi connectivity index (χ1v) is 18.4. The maximum absolute atomic E-state index is 5.24. The lowest BCUT2D eigenvalue weighted by Gasteiger charge is -2.34. The van der Waals surface area contributed by atoms with Gasteiger partial charge in [0.25, 0.3) is 0 Å². The van der Waals surface area contributed by atoms with Crippen LogP contribution in [-0.4, -0.2) is 4.98 Å². The molecule has 10 aromatic rings. The molecule has 1 aliphatic carbocycles. The molecule has 1 nitrogen and oxygen atoms in total. The number of hydrogen-bond acceptors (Lipinski definition) is 1. The number of pyridine rings is 1. The highest BCUT2D eigenvalue weighted by molar-refractivity contribution is 6.25. The van der Waals surface area contributed by atoms with Gasteiger partial charge in [-0.1, -0.05) is 182 Å². The first-order chi connectivity index (χ1) is 26.3. The molecule has 1 aliphatic rings. The molecule has 0 spiro atoms. The van der Waals surface area contributed by atoms with Crippen molar-refractivity contribution in [2.45, 2.75) is 5.41 Å². The normalized spacial score (nSPS) is 13.1. The fraction of sp³-hybridized carbons (Fsp3) is 0.0192. The molecule has 0 bridgehead atoms. The Morgan fingerprint density at radius 3 is 1.47 bits per heavy atom. The number of aromatic nitrogens is 1. The minimum Gasteiger partial charge on any atom is -0.248 e. The van der Waals surface area contributed by atoms with Gasteiger partial charge in [-0.3, -0.25) is 0 Å². The highest BCUT2D eigenvalue weighted by atomic mass is 14.7. The van der Waals surface area contributed by atoms with E-state index in [-0.39, 0.29) is 0 Å². The van der Waals surface area contributed by atoms with Crippen LogP contribution in [0.25, 0.3) is 76.7 Å². The van der Waals surface area contributed by atoms with E-state index in [0.29, 0.717) is 0 Å². The molecule has 0 saturated heterocycles. The van der Waals surface area contributed by atoms with Gasteiger partial charge in [-0.25, -0.2) is 4.98 Å². The summed E-state index contributed by atoms with van der Waals surface area (Å²) in [6.45, 7) is 0. The van der Waals surface area contributed by atoms with Crippen LogP contribution in [-0.2, 0) is 5.41 Å². The predicted octanol–water partition coefficient (Wildman–Crippen LogP) is 13.4. The lowest BCUT2D eigenvalue weighted by atomic mass is 9.67. The third-order valence-corrected chi connectivity index (χ3v) is 11.5. The Labute approximate surface area is 308 Å². The second-order valence-electron chi connectivity index (χ2n) is 14.2. The smallest absolute Gasteiger partial charge is 0.0722 e. The largest absolute Gasteiger partial charge is 0.248 e. The zero-order chi connectivity index (χ0) is 34.9. The van der Waals surface area contributed by atoms with E-state index in [2.05, 4.69) is 200 Å². The highest BCUT2D eigenvalue weighted by Gasteiger charge is 2.45. The molecule has 0 N–H and O–H groups in total. The average molecular weight is 672 g/mol. The van der Waals surface area contributed by atoms with Crippen LogP contribution in [0.1, 0.15) is 22.3 Å². The Kier molecular flexibility index (Phi) is 6.53. The molecule has 1 aromatic heterocycles. The minimum atomic E-state index is -0.429. The Bertz CT molecular complexity index is 2910. The van der Waals surface area contributed by atoms with Gasteiger partial charge in [0, 0.05) is 16.3 Å². The zero-order valence-corrected chi connectivity index (χ0v) is 29.0. The Morgan fingerprint density at radius 1 is 0.340 bits per heavy atom. The summed E-state index contributed by atoms with van der Waals surface area (Å²) in [5.41, 5.74) is 14.2. The molecule has 0 radical (unpaired) electrons. The summed E-state index contributed by atoms with van der Waals surface area (Å²) in [5.74, 6) is 0. The van der Waals surface area contributed by atoms with E-state index < -0.39 is 5.41 Å². The summed E-state index contributed by atoms with van der Waals surface area (Å²) >= 11 is 0. The zero-order valence-electron chi connectivity index (χ0n) is 29.0. The summed E-state index contributed by atoms with van der Waals surface area (Å²) in [6.07, 6.45) is 0. The first-order valence-electron chi connectivity index (χ1n) is 18.4. The molecule has 0 fully saturated rings. The average Bonchev–Trinajstić information content (AvgIpc) is 3.54. The predicted molar refractivity (Wildman–Crippen MR) is 222 cm³/mol. The van der Waals surface area contributed by atoms with E-state index in [1.165, 1.54) is 88.0 Å². The Hall–Kier alpha value is -6.83. The summed E-state index contributed by atoms with van der Waals surface area (Å²) < 4.78 is 0. The minimum absolute atomic E-state index is 0.429. The molecule has 53 heavy (non-hydrogen) atoms. The summed E-state index contributed by atoms with van der Waals surface area (Å²) in [5, 5.41) is 7.29. The van der Waals surface area contributed by atoms with Crippen molar-refractivity contribution in [2.24, 2.45) is 0 Å². The maximum atomic E-state index is 5.24. The second-order valence-corrected chi connectivity index (χ2v) is 14.2. The van der Waals surface area contributed by atoms with Crippen LogP contribution in [0.4, 0.5) is 0 Å². The molecule has 0 saturated carbocycles. The Balaban J connectivity index is 1.12.